The van der Waals surface area contributed by atoms with Crippen LogP contribution in [0.4, 0.5) is 0 Å². The molecular formula is C31H55N3. The Morgan fingerprint density at radius 3 is 2.12 bits per heavy atom. The number of piperidine rings is 1. The van der Waals surface area contributed by atoms with Gasteiger partial charge in [-0.05, 0) is 91.1 Å². The highest BCUT2D eigenvalue weighted by atomic mass is 15.3. The van der Waals surface area contributed by atoms with Crippen LogP contribution in [-0.4, -0.2) is 33.3 Å². The number of hydrogen-bond acceptors (Lipinski definition) is 2. The lowest BCUT2D eigenvalue weighted by Gasteiger charge is -2.49. The first-order valence-corrected chi connectivity index (χ1v) is 14.3. The Kier molecular flexibility index (Phi) is 11.2. The average molecular weight is 470 g/mol. The maximum Gasteiger partial charge on any atom is 0.0646 e. The van der Waals surface area contributed by atoms with Crippen LogP contribution < -0.4 is 0 Å². The smallest absolute Gasteiger partial charge is 0.0646 e. The minimum Gasteiger partial charge on any atom is -0.298 e. The molecule has 0 bridgehead atoms. The molecule has 0 radical (unpaired) electrons. The van der Waals surface area contributed by atoms with Crippen molar-refractivity contribution in [3.63, 3.8) is 0 Å². The Morgan fingerprint density at radius 2 is 1.50 bits per heavy atom. The molecule has 2 rings (SSSR count). The van der Waals surface area contributed by atoms with Crippen LogP contribution >= 0.6 is 0 Å². The van der Waals surface area contributed by atoms with Crippen LogP contribution in [0, 0.1) is 23.2 Å². The van der Waals surface area contributed by atoms with Gasteiger partial charge in [0.2, 0.25) is 0 Å². The van der Waals surface area contributed by atoms with Crippen molar-refractivity contribution in [1.29, 1.82) is 0 Å². The molecule has 1 atom stereocenters. The van der Waals surface area contributed by atoms with E-state index in [-0.39, 0.29) is 11.1 Å². The first-order chi connectivity index (χ1) is 16.1. The second-order valence-corrected chi connectivity index (χ2v) is 12.5. The number of unbranched alkanes of at least 4 members (excludes halogenated alkanes) is 5. The summed E-state index contributed by atoms with van der Waals surface area (Å²) >= 11 is 0. The second kappa shape index (κ2) is 13.2. The fourth-order valence-corrected chi connectivity index (χ4v) is 6.54. The SMILES string of the molecule is CC#Cc1cnn(C(C)(C)CC(C)(C)N2CCC(C(C)(CCCC)CCCCCCC)CC2)c1. The van der Waals surface area contributed by atoms with E-state index in [0.29, 0.717) is 5.41 Å². The van der Waals surface area contributed by atoms with E-state index < -0.39 is 0 Å². The maximum atomic E-state index is 4.65. The lowest BCUT2D eigenvalue weighted by Crippen LogP contribution is -2.53. The summed E-state index contributed by atoms with van der Waals surface area (Å²) < 4.78 is 2.13. The molecule has 1 aliphatic heterocycles. The van der Waals surface area contributed by atoms with Crippen LogP contribution in [0.1, 0.15) is 138 Å². The van der Waals surface area contributed by atoms with E-state index in [0.717, 1.165) is 17.9 Å². The largest absolute Gasteiger partial charge is 0.298 e. The van der Waals surface area contributed by atoms with Gasteiger partial charge in [0.1, 0.15) is 0 Å². The Hall–Kier alpha value is -1.27. The average Bonchev–Trinajstić information content (AvgIpc) is 3.27. The third-order valence-electron chi connectivity index (χ3n) is 8.63. The van der Waals surface area contributed by atoms with Gasteiger partial charge < -0.3 is 0 Å². The van der Waals surface area contributed by atoms with E-state index in [1.165, 1.54) is 83.7 Å². The van der Waals surface area contributed by atoms with Crippen LogP contribution in [0.3, 0.4) is 0 Å². The van der Waals surface area contributed by atoms with Crippen molar-refractivity contribution in [2.45, 2.75) is 144 Å². The molecule has 194 valence electrons. The zero-order valence-electron chi connectivity index (χ0n) is 24.0. The van der Waals surface area contributed by atoms with E-state index >= 15 is 0 Å². The van der Waals surface area contributed by atoms with E-state index in [4.69, 9.17) is 0 Å². The van der Waals surface area contributed by atoms with Gasteiger partial charge >= 0.3 is 0 Å². The molecule has 0 saturated carbocycles. The molecule has 1 saturated heterocycles. The molecule has 1 fully saturated rings. The van der Waals surface area contributed by atoms with Crippen molar-refractivity contribution >= 4 is 0 Å². The van der Waals surface area contributed by atoms with Gasteiger partial charge in [-0.3, -0.25) is 9.58 Å². The number of nitrogens with zero attached hydrogens (tertiary/aromatic N) is 3. The highest BCUT2D eigenvalue weighted by molar-refractivity contribution is 5.29. The van der Waals surface area contributed by atoms with E-state index in [1.807, 2.05) is 13.1 Å². The molecule has 0 spiro atoms. The number of aromatic nitrogens is 2. The fourth-order valence-electron chi connectivity index (χ4n) is 6.54. The molecule has 0 aliphatic carbocycles. The highest BCUT2D eigenvalue weighted by Gasteiger charge is 2.40. The quantitative estimate of drug-likeness (QED) is 0.201. The van der Waals surface area contributed by atoms with Gasteiger partial charge in [-0.15, -0.1) is 5.92 Å². The molecule has 34 heavy (non-hydrogen) atoms. The van der Waals surface area contributed by atoms with Crippen molar-refractivity contribution in [2.24, 2.45) is 11.3 Å². The predicted molar refractivity (Wildman–Crippen MR) is 148 cm³/mol. The van der Waals surface area contributed by atoms with Crippen molar-refractivity contribution in [1.82, 2.24) is 14.7 Å². The van der Waals surface area contributed by atoms with Crippen LogP contribution in [-0.2, 0) is 5.54 Å². The molecule has 3 heteroatoms. The molecule has 0 N–H and O–H groups in total. The number of rotatable bonds is 14. The van der Waals surface area contributed by atoms with Crippen LogP contribution in [0.2, 0.25) is 0 Å². The molecule has 0 amide bonds. The van der Waals surface area contributed by atoms with E-state index in [2.05, 4.69) is 81.2 Å². The number of likely N-dealkylation sites (tertiary alicyclic amines) is 1. The monoisotopic (exact) mass is 469 g/mol. The van der Waals surface area contributed by atoms with Gasteiger partial charge in [-0.25, -0.2) is 0 Å². The zero-order chi connectivity index (χ0) is 25.2. The molecule has 3 nitrogen and oxygen atoms in total. The van der Waals surface area contributed by atoms with Gasteiger partial charge in [0.15, 0.2) is 0 Å². The predicted octanol–water partition coefficient (Wildman–Crippen LogP) is 8.43. The summed E-state index contributed by atoms with van der Waals surface area (Å²) in [6, 6.07) is 0. The third kappa shape index (κ3) is 8.15. The molecule has 2 heterocycles. The summed E-state index contributed by atoms with van der Waals surface area (Å²) in [7, 11) is 0. The Balaban J connectivity index is 1.98. The van der Waals surface area contributed by atoms with Crippen molar-refractivity contribution in [2.75, 3.05) is 13.1 Å². The summed E-state index contributed by atoms with van der Waals surface area (Å²) in [5, 5.41) is 4.65. The molecule has 1 aliphatic rings. The maximum absolute atomic E-state index is 4.65. The van der Waals surface area contributed by atoms with Crippen molar-refractivity contribution < 1.29 is 0 Å². The van der Waals surface area contributed by atoms with E-state index in [9.17, 15) is 0 Å². The third-order valence-corrected chi connectivity index (χ3v) is 8.63. The molecular weight excluding hydrogens is 414 g/mol. The highest BCUT2D eigenvalue weighted by Crippen LogP contribution is 2.45. The first kappa shape index (κ1) is 29.0. The van der Waals surface area contributed by atoms with Gasteiger partial charge in [-0.1, -0.05) is 71.6 Å². The summed E-state index contributed by atoms with van der Waals surface area (Å²) in [5.41, 5.74) is 1.65. The topological polar surface area (TPSA) is 21.1 Å². The molecule has 1 aromatic heterocycles. The summed E-state index contributed by atoms with van der Waals surface area (Å²) in [6.45, 7) is 21.2. The van der Waals surface area contributed by atoms with Crippen molar-refractivity contribution in [3.8, 4) is 11.8 Å². The van der Waals surface area contributed by atoms with Crippen molar-refractivity contribution in [3.05, 3.63) is 18.0 Å². The Labute approximate surface area is 212 Å². The number of hydrogen-bond donors (Lipinski definition) is 0. The van der Waals surface area contributed by atoms with Gasteiger partial charge in [-0.2, -0.15) is 5.10 Å². The Bertz CT molecular complexity index is 770. The van der Waals surface area contributed by atoms with Gasteiger partial charge in [0, 0.05) is 11.7 Å². The lowest BCUT2D eigenvalue weighted by atomic mass is 9.66. The van der Waals surface area contributed by atoms with Crippen LogP contribution in [0.5, 0.6) is 0 Å². The Morgan fingerprint density at radius 1 is 0.882 bits per heavy atom. The van der Waals surface area contributed by atoms with Crippen LogP contribution in [0.15, 0.2) is 12.4 Å². The van der Waals surface area contributed by atoms with Crippen LogP contribution in [0.25, 0.3) is 0 Å². The molecule has 1 aromatic rings. The second-order valence-electron chi connectivity index (χ2n) is 12.5. The van der Waals surface area contributed by atoms with Gasteiger partial charge in [0.25, 0.3) is 0 Å². The minimum absolute atomic E-state index is 0.0395. The summed E-state index contributed by atoms with van der Waals surface area (Å²) in [5.74, 6) is 7.01. The van der Waals surface area contributed by atoms with Gasteiger partial charge in [0.05, 0.1) is 17.3 Å². The first-order valence-electron chi connectivity index (χ1n) is 14.3. The summed E-state index contributed by atoms with van der Waals surface area (Å²) in [6.07, 6.45) is 20.4. The van der Waals surface area contributed by atoms with E-state index in [1.54, 1.807) is 0 Å². The molecule has 0 aromatic carbocycles. The fraction of sp³-hybridized carbons (Fsp3) is 0.839. The lowest BCUT2D eigenvalue weighted by molar-refractivity contribution is 0.00596. The molecule has 1 unspecified atom stereocenters. The normalized spacial score (nSPS) is 17.9. The summed E-state index contributed by atoms with van der Waals surface area (Å²) in [4.78, 5) is 2.77. The standard InChI is InChI=1S/C31H55N3/c1-9-12-14-15-16-21-31(8,20-13-10-2)28-18-22-33(23-19-28)29(4,5)26-30(6,7)34-25-27(17-11-3)24-32-34/h24-25,28H,9-10,12-16,18-23,26H2,1-8H3. The zero-order valence-corrected chi connectivity index (χ0v) is 24.0. The minimum atomic E-state index is -0.0395.